The third-order valence-electron chi connectivity index (χ3n) is 3.26. The molecule has 0 radical (unpaired) electrons. The second-order valence-corrected chi connectivity index (χ2v) is 5.07. The minimum Gasteiger partial charge on any atom is -0.494 e. The van der Waals surface area contributed by atoms with Gasteiger partial charge < -0.3 is 10.1 Å². The molecule has 6 nitrogen and oxygen atoms in total. The number of aromatic nitrogens is 4. The molecule has 3 aromatic rings. The molecule has 2 heterocycles. The molecule has 0 spiro atoms. The van der Waals surface area contributed by atoms with Gasteiger partial charge in [0.1, 0.15) is 5.75 Å². The van der Waals surface area contributed by atoms with Gasteiger partial charge >= 0.3 is 0 Å². The minimum atomic E-state index is 0.567. The van der Waals surface area contributed by atoms with E-state index in [0.29, 0.717) is 19.1 Å². The maximum atomic E-state index is 5.51. The number of anilines is 1. The Labute approximate surface area is 135 Å². The molecule has 2 aromatic heterocycles. The summed E-state index contributed by atoms with van der Waals surface area (Å²) in [4.78, 5) is 8.73. The van der Waals surface area contributed by atoms with Gasteiger partial charge in [0.05, 0.1) is 12.3 Å². The lowest BCUT2D eigenvalue weighted by Crippen LogP contribution is -2.06. The van der Waals surface area contributed by atoms with Crippen molar-refractivity contribution in [2.75, 3.05) is 11.9 Å². The van der Waals surface area contributed by atoms with Gasteiger partial charge in [-0.2, -0.15) is 10.1 Å². The van der Waals surface area contributed by atoms with E-state index in [9.17, 15) is 0 Å². The van der Waals surface area contributed by atoms with Crippen LogP contribution in [0.2, 0.25) is 0 Å². The van der Waals surface area contributed by atoms with E-state index in [4.69, 9.17) is 4.74 Å². The summed E-state index contributed by atoms with van der Waals surface area (Å²) >= 11 is 0. The van der Waals surface area contributed by atoms with Crippen molar-refractivity contribution in [3.63, 3.8) is 0 Å². The third-order valence-corrected chi connectivity index (χ3v) is 3.26. The van der Waals surface area contributed by atoms with Crippen molar-refractivity contribution in [2.45, 2.75) is 20.4 Å². The van der Waals surface area contributed by atoms with E-state index in [2.05, 4.69) is 20.4 Å². The molecule has 3 rings (SSSR count). The quantitative estimate of drug-likeness (QED) is 0.758. The Morgan fingerprint density at radius 2 is 2.13 bits per heavy atom. The summed E-state index contributed by atoms with van der Waals surface area (Å²) in [5.41, 5.74) is 2.06. The van der Waals surface area contributed by atoms with Crippen LogP contribution in [0.3, 0.4) is 0 Å². The molecular formula is C17H19N5O. The first-order valence-corrected chi connectivity index (χ1v) is 7.56. The number of benzene rings is 1. The van der Waals surface area contributed by atoms with E-state index in [1.54, 1.807) is 10.9 Å². The van der Waals surface area contributed by atoms with Gasteiger partial charge in [0.25, 0.3) is 0 Å². The van der Waals surface area contributed by atoms with Gasteiger partial charge in [-0.25, -0.2) is 9.67 Å². The molecular weight excluding hydrogens is 290 g/mol. The van der Waals surface area contributed by atoms with Crippen molar-refractivity contribution in [1.29, 1.82) is 0 Å². The Kier molecular flexibility index (Phi) is 4.52. The van der Waals surface area contributed by atoms with Gasteiger partial charge in [-0.05, 0) is 37.6 Å². The second-order valence-electron chi connectivity index (χ2n) is 5.07. The summed E-state index contributed by atoms with van der Waals surface area (Å²) in [7, 11) is 0. The van der Waals surface area contributed by atoms with Gasteiger partial charge in [-0.3, -0.25) is 0 Å². The summed E-state index contributed by atoms with van der Waals surface area (Å²) in [6.45, 7) is 5.21. The van der Waals surface area contributed by atoms with Crippen molar-refractivity contribution in [1.82, 2.24) is 19.7 Å². The van der Waals surface area contributed by atoms with Crippen LogP contribution < -0.4 is 10.1 Å². The van der Waals surface area contributed by atoms with Crippen LogP contribution in [-0.2, 0) is 6.54 Å². The van der Waals surface area contributed by atoms with Crippen molar-refractivity contribution in [2.24, 2.45) is 0 Å². The molecule has 1 aromatic carbocycles. The van der Waals surface area contributed by atoms with Crippen LogP contribution in [0, 0.1) is 6.92 Å². The number of hydrogen-bond acceptors (Lipinski definition) is 5. The molecule has 23 heavy (non-hydrogen) atoms. The standard InChI is InChI=1S/C17H19N5O/c1-3-23-15-6-4-5-14(11-15)12-19-17-18-9-7-16(20-17)22-10-8-13(2)21-22/h4-11H,3,12H2,1-2H3,(H,18,19,20). The Morgan fingerprint density at radius 1 is 1.22 bits per heavy atom. The molecule has 0 aliphatic rings. The van der Waals surface area contributed by atoms with Crippen LogP contribution in [0.15, 0.2) is 48.8 Å². The summed E-state index contributed by atoms with van der Waals surface area (Å²) in [6, 6.07) is 11.7. The highest BCUT2D eigenvalue weighted by molar-refractivity contribution is 5.35. The van der Waals surface area contributed by atoms with E-state index in [0.717, 1.165) is 22.8 Å². The molecule has 0 bridgehead atoms. The number of ether oxygens (including phenoxy) is 1. The predicted molar refractivity (Wildman–Crippen MR) is 88.8 cm³/mol. The minimum absolute atomic E-state index is 0.567. The lowest BCUT2D eigenvalue weighted by molar-refractivity contribution is 0.340. The lowest BCUT2D eigenvalue weighted by atomic mass is 10.2. The zero-order valence-electron chi connectivity index (χ0n) is 13.2. The van der Waals surface area contributed by atoms with Crippen LogP contribution in [0.4, 0.5) is 5.95 Å². The Bertz CT molecular complexity index is 784. The van der Waals surface area contributed by atoms with E-state index in [1.807, 2.05) is 56.4 Å². The van der Waals surface area contributed by atoms with Crippen molar-refractivity contribution >= 4 is 5.95 Å². The Hall–Kier alpha value is -2.89. The fourth-order valence-corrected chi connectivity index (χ4v) is 2.20. The van der Waals surface area contributed by atoms with Crippen LogP contribution in [0.1, 0.15) is 18.2 Å². The first kappa shape index (κ1) is 15.0. The molecule has 0 saturated heterocycles. The summed E-state index contributed by atoms with van der Waals surface area (Å²) in [5.74, 6) is 2.17. The lowest BCUT2D eigenvalue weighted by Gasteiger charge is -2.08. The van der Waals surface area contributed by atoms with Gasteiger partial charge in [0.2, 0.25) is 5.95 Å². The van der Waals surface area contributed by atoms with Crippen LogP contribution in [0.5, 0.6) is 5.75 Å². The monoisotopic (exact) mass is 309 g/mol. The van der Waals surface area contributed by atoms with Crippen molar-refractivity contribution < 1.29 is 4.74 Å². The largest absolute Gasteiger partial charge is 0.494 e. The molecule has 1 N–H and O–H groups in total. The molecule has 0 fully saturated rings. The maximum Gasteiger partial charge on any atom is 0.224 e. The highest BCUT2D eigenvalue weighted by Crippen LogP contribution is 2.14. The fraction of sp³-hybridized carbons (Fsp3) is 0.235. The molecule has 0 saturated carbocycles. The topological polar surface area (TPSA) is 64.9 Å². The number of hydrogen-bond donors (Lipinski definition) is 1. The third kappa shape index (κ3) is 3.85. The van der Waals surface area contributed by atoms with E-state index < -0.39 is 0 Å². The zero-order chi connectivity index (χ0) is 16.1. The van der Waals surface area contributed by atoms with Gasteiger partial charge in [-0.15, -0.1) is 0 Å². The van der Waals surface area contributed by atoms with E-state index in [1.165, 1.54) is 0 Å². The molecule has 0 atom stereocenters. The molecule has 118 valence electrons. The first-order chi connectivity index (χ1) is 11.2. The highest BCUT2D eigenvalue weighted by Gasteiger charge is 2.03. The average molecular weight is 309 g/mol. The molecule has 0 aliphatic heterocycles. The Morgan fingerprint density at radius 3 is 2.91 bits per heavy atom. The highest BCUT2D eigenvalue weighted by atomic mass is 16.5. The average Bonchev–Trinajstić information content (AvgIpc) is 3.01. The summed E-state index contributed by atoms with van der Waals surface area (Å²) < 4.78 is 7.24. The maximum absolute atomic E-state index is 5.51. The summed E-state index contributed by atoms with van der Waals surface area (Å²) in [6.07, 6.45) is 3.60. The number of nitrogens with zero attached hydrogens (tertiary/aromatic N) is 4. The Balaban J connectivity index is 1.70. The second kappa shape index (κ2) is 6.91. The van der Waals surface area contributed by atoms with Crippen molar-refractivity contribution in [3.8, 4) is 11.6 Å². The SMILES string of the molecule is CCOc1cccc(CNc2nccc(-n3ccc(C)n3)n2)c1. The molecule has 6 heteroatoms. The van der Waals surface area contributed by atoms with Crippen LogP contribution >= 0.6 is 0 Å². The first-order valence-electron chi connectivity index (χ1n) is 7.56. The molecule has 0 aliphatic carbocycles. The molecule has 0 amide bonds. The van der Waals surface area contributed by atoms with Crippen LogP contribution in [0.25, 0.3) is 5.82 Å². The van der Waals surface area contributed by atoms with Gasteiger partial charge in [0, 0.05) is 25.0 Å². The van der Waals surface area contributed by atoms with E-state index in [-0.39, 0.29) is 0 Å². The number of nitrogens with one attached hydrogen (secondary N) is 1. The smallest absolute Gasteiger partial charge is 0.224 e. The fourth-order valence-electron chi connectivity index (χ4n) is 2.20. The number of rotatable bonds is 6. The van der Waals surface area contributed by atoms with Crippen LogP contribution in [-0.4, -0.2) is 26.4 Å². The molecule has 0 unspecified atom stereocenters. The van der Waals surface area contributed by atoms with Crippen molar-refractivity contribution in [3.05, 3.63) is 60.0 Å². The van der Waals surface area contributed by atoms with Gasteiger partial charge in [0.15, 0.2) is 5.82 Å². The van der Waals surface area contributed by atoms with E-state index >= 15 is 0 Å². The predicted octanol–water partition coefficient (Wildman–Crippen LogP) is 2.98. The summed E-state index contributed by atoms with van der Waals surface area (Å²) in [5, 5.41) is 7.58. The zero-order valence-corrected chi connectivity index (χ0v) is 13.2. The van der Waals surface area contributed by atoms with Gasteiger partial charge in [-0.1, -0.05) is 12.1 Å². The number of aryl methyl sites for hydroxylation is 1. The normalized spacial score (nSPS) is 10.5.